The number of hydrogen-bond donors (Lipinski definition) is 1. The van der Waals surface area contributed by atoms with Gasteiger partial charge in [-0.2, -0.15) is 0 Å². The molecule has 0 bridgehead atoms. The highest BCUT2D eigenvalue weighted by molar-refractivity contribution is 5.94. The standard InChI is InChI=1S/C29H34N4O/c1-31-16-18-33(19-17-31)28(25-12-13-27-26(20-25)14-15-32(27)2)21-30-29(34)24-10-8-23(9-11-24)22-6-4-3-5-7-22/h3-13,20,28H,14-19,21H2,1-2H3,(H,30,34)/t28-/m0/s1. The van der Waals surface area contributed by atoms with E-state index in [4.69, 9.17) is 0 Å². The fourth-order valence-corrected chi connectivity index (χ4v) is 5.12. The minimum absolute atomic E-state index is 0.0142. The molecule has 3 aromatic carbocycles. The lowest BCUT2D eigenvalue weighted by Gasteiger charge is -2.38. The molecule has 3 aromatic rings. The summed E-state index contributed by atoms with van der Waals surface area (Å²) in [4.78, 5) is 20.3. The zero-order valence-corrected chi connectivity index (χ0v) is 20.2. The van der Waals surface area contributed by atoms with Crippen LogP contribution in [0.25, 0.3) is 11.1 Å². The molecule has 5 nitrogen and oxygen atoms in total. The van der Waals surface area contributed by atoms with E-state index in [1.54, 1.807) is 0 Å². The molecule has 1 atom stereocenters. The topological polar surface area (TPSA) is 38.8 Å². The highest BCUT2D eigenvalue weighted by Gasteiger charge is 2.26. The Morgan fingerprint density at radius 2 is 1.56 bits per heavy atom. The highest BCUT2D eigenvalue weighted by Crippen LogP contribution is 2.31. The van der Waals surface area contributed by atoms with Gasteiger partial charge in [0.2, 0.25) is 0 Å². The predicted molar refractivity (Wildman–Crippen MR) is 139 cm³/mol. The number of likely N-dealkylation sites (N-methyl/N-ethyl adjacent to an activating group) is 2. The van der Waals surface area contributed by atoms with Crippen molar-refractivity contribution >= 4 is 11.6 Å². The van der Waals surface area contributed by atoms with Gasteiger partial charge in [0.05, 0.1) is 6.04 Å². The summed E-state index contributed by atoms with van der Waals surface area (Å²) >= 11 is 0. The number of hydrogen-bond acceptors (Lipinski definition) is 4. The van der Waals surface area contributed by atoms with Crippen molar-refractivity contribution in [3.63, 3.8) is 0 Å². The molecule has 1 amide bonds. The minimum Gasteiger partial charge on any atom is -0.374 e. The number of piperazine rings is 1. The lowest BCUT2D eigenvalue weighted by Crippen LogP contribution is -2.48. The van der Waals surface area contributed by atoms with Gasteiger partial charge in [0, 0.05) is 57.6 Å². The lowest BCUT2D eigenvalue weighted by molar-refractivity contribution is 0.0886. The van der Waals surface area contributed by atoms with Gasteiger partial charge < -0.3 is 15.1 Å². The molecule has 0 saturated carbocycles. The molecule has 0 aliphatic carbocycles. The van der Waals surface area contributed by atoms with Crippen molar-refractivity contribution < 1.29 is 4.79 Å². The van der Waals surface area contributed by atoms with Crippen LogP contribution >= 0.6 is 0 Å². The van der Waals surface area contributed by atoms with Crippen LogP contribution in [0.5, 0.6) is 0 Å². The molecule has 5 heteroatoms. The average molecular weight is 455 g/mol. The maximum Gasteiger partial charge on any atom is 0.251 e. The molecule has 0 aromatic heterocycles. The van der Waals surface area contributed by atoms with Crippen molar-refractivity contribution in [1.29, 1.82) is 0 Å². The highest BCUT2D eigenvalue weighted by atomic mass is 16.1. The summed E-state index contributed by atoms with van der Waals surface area (Å²) < 4.78 is 0. The van der Waals surface area contributed by atoms with Crippen LogP contribution < -0.4 is 10.2 Å². The Morgan fingerprint density at radius 1 is 0.853 bits per heavy atom. The second-order valence-electron chi connectivity index (χ2n) is 9.57. The summed E-state index contributed by atoms with van der Waals surface area (Å²) in [5.41, 5.74) is 7.04. The molecule has 1 N–H and O–H groups in total. The van der Waals surface area contributed by atoms with Crippen molar-refractivity contribution in [3.05, 3.63) is 89.5 Å². The van der Waals surface area contributed by atoms with Crippen molar-refractivity contribution in [1.82, 2.24) is 15.1 Å². The molecule has 0 radical (unpaired) electrons. The number of carbonyl (C=O) groups is 1. The molecule has 1 fully saturated rings. The summed E-state index contributed by atoms with van der Waals surface area (Å²) in [6.07, 6.45) is 1.09. The molecule has 0 unspecified atom stereocenters. The van der Waals surface area contributed by atoms with Crippen LogP contribution in [0.3, 0.4) is 0 Å². The maximum absolute atomic E-state index is 13.0. The average Bonchev–Trinajstić information content (AvgIpc) is 3.25. The zero-order chi connectivity index (χ0) is 23.5. The van der Waals surface area contributed by atoms with Gasteiger partial charge in [-0.25, -0.2) is 0 Å². The van der Waals surface area contributed by atoms with Gasteiger partial charge in [0.25, 0.3) is 5.91 Å². The molecule has 34 heavy (non-hydrogen) atoms. The first-order chi connectivity index (χ1) is 16.6. The van der Waals surface area contributed by atoms with E-state index < -0.39 is 0 Å². The lowest BCUT2D eigenvalue weighted by atomic mass is 9.99. The van der Waals surface area contributed by atoms with E-state index in [2.05, 4.69) is 64.4 Å². The largest absolute Gasteiger partial charge is 0.374 e. The summed E-state index contributed by atoms with van der Waals surface area (Å²) in [6, 6.07) is 25.2. The number of nitrogens with zero attached hydrogens (tertiary/aromatic N) is 3. The quantitative estimate of drug-likeness (QED) is 0.610. The number of fused-ring (bicyclic) bond motifs is 1. The molecule has 0 spiro atoms. The summed E-state index contributed by atoms with van der Waals surface area (Å²) in [6.45, 7) is 5.82. The Labute approximate surface area is 203 Å². The monoisotopic (exact) mass is 454 g/mol. The minimum atomic E-state index is -0.0142. The molecule has 2 aliphatic heterocycles. The summed E-state index contributed by atoms with van der Waals surface area (Å²) in [5.74, 6) is -0.0142. The van der Waals surface area contributed by atoms with E-state index in [0.717, 1.165) is 50.3 Å². The van der Waals surface area contributed by atoms with Gasteiger partial charge in [0.15, 0.2) is 0 Å². The van der Waals surface area contributed by atoms with Gasteiger partial charge in [-0.1, -0.05) is 54.6 Å². The first-order valence-corrected chi connectivity index (χ1v) is 12.3. The maximum atomic E-state index is 13.0. The van der Waals surface area contributed by atoms with E-state index in [1.807, 2.05) is 42.5 Å². The van der Waals surface area contributed by atoms with E-state index in [1.165, 1.54) is 16.8 Å². The van der Waals surface area contributed by atoms with Gasteiger partial charge in [-0.05, 0) is 53.9 Å². The molecule has 2 heterocycles. The van der Waals surface area contributed by atoms with Crippen LogP contribution in [-0.4, -0.2) is 69.1 Å². The van der Waals surface area contributed by atoms with E-state index in [9.17, 15) is 4.79 Å². The van der Waals surface area contributed by atoms with E-state index >= 15 is 0 Å². The third kappa shape index (κ3) is 4.86. The molecular formula is C29H34N4O. The van der Waals surface area contributed by atoms with Crippen molar-refractivity contribution in [2.45, 2.75) is 12.5 Å². The molecule has 1 saturated heterocycles. The second-order valence-corrected chi connectivity index (χ2v) is 9.57. The first-order valence-electron chi connectivity index (χ1n) is 12.3. The van der Waals surface area contributed by atoms with Gasteiger partial charge in [0.1, 0.15) is 0 Å². The van der Waals surface area contributed by atoms with Crippen LogP contribution in [0.2, 0.25) is 0 Å². The van der Waals surface area contributed by atoms with Crippen LogP contribution in [0.15, 0.2) is 72.8 Å². The van der Waals surface area contributed by atoms with E-state index in [0.29, 0.717) is 12.1 Å². The SMILES string of the molecule is CN1CCN([C@@H](CNC(=O)c2ccc(-c3ccccc3)cc2)c2ccc3c(c2)CCN3C)CC1. The zero-order valence-electron chi connectivity index (χ0n) is 20.2. The summed E-state index contributed by atoms with van der Waals surface area (Å²) in [7, 11) is 4.34. The van der Waals surface area contributed by atoms with Gasteiger partial charge >= 0.3 is 0 Å². The number of anilines is 1. The van der Waals surface area contributed by atoms with Gasteiger partial charge in [-0.3, -0.25) is 9.69 Å². The van der Waals surface area contributed by atoms with Crippen LogP contribution in [0, 0.1) is 0 Å². The first kappa shape index (κ1) is 22.6. The van der Waals surface area contributed by atoms with Crippen molar-refractivity contribution in [2.24, 2.45) is 0 Å². The van der Waals surface area contributed by atoms with Crippen LogP contribution in [-0.2, 0) is 6.42 Å². The molecular weight excluding hydrogens is 420 g/mol. The fraction of sp³-hybridized carbons (Fsp3) is 0.345. The molecule has 176 valence electrons. The third-order valence-electron chi connectivity index (χ3n) is 7.30. The number of benzene rings is 3. The Bertz CT molecular complexity index is 1120. The third-order valence-corrected chi connectivity index (χ3v) is 7.30. The van der Waals surface area contributed by atoms with Gasteiger partial charge in [-0.15, -0.1) is 0 Å². The molecule has 5 rings (SSSR count). The number of amides is 1. The number of nitrogens with one attached hydrogen (secondary N) is 1. The second kappa shape index (κ2) is 10.00. The van der Waals surface area contributed by atoms with Crippen LogP contribution in [0.1, 0.15) is 27.5 Å². The number of carbonyl (C=O) groups excluding carboxylic acids is 1. The van der Waals surface area contributed by atoms with Crippen molar-refractivity contribution in [2.75, 3.05) is 58.3 Å². The Kier molecular flexibility index (Phi) is 6.66. The Balaban J connectivity index is 1.31. The Hall–Kier alpha value is -3.15. The predicted octanol–water partition coefficient (Wildman–Crippen LogP) is 4.06. The van der Waals surface area contributed by atoms with Crippen molar-refractivity contribution in [3.8, 4) is 11.1 Å². The van der Waals surface area contributed by atoms with Crippen LogP contribution in [0.4, 0.5) is 5.69 Å². The number of rotatable bonds is 6. The Morgan fingerprint density at radius 3 is 2.29 bits per heavy atom. The smallest absolute Gasteiger partial charge is 0.251 e. The summed E-state index contributed by atoms with van der Waals surface area (Å²) in [5, 5.41) is 3.24. The fourth-order valence-electron chi connectivity index (χ4n) is 5.12. The van der Waals surface area contributed by atoms with E-state index in [-0.39, 0.29) is 11.9 Å². The molecule has 2 aliphatic rings. The normalized spacial score (nSPS) is 17.4.